The van der Waals surface area contributed by atoms with Crippen LogP contribution in [0.4, 0.5) is 5.69 Å². The van der Waals surface area contributed by atoms with Crippen molar-refractivity contribution in [3.63, 3.8) is 0 Å². The largest absolute Gasteiger partial charge is 0.495 e. The molecule has 0 amide bonds. The molecule has 3 heteroatoms. The number of hydrogen-bond acceptors (Lipinski definition) is 3. The Morgan fingerprint density at radius 2 is 2.18 bits per heavy atom. The van der Waals surface area contributed by atoms with Gasteiger partial charge in [0.1, 0.15) is 5.75 Å². The average Bonchev–Trinajstić information content (AvgIpc) is 2.38. The molecule has 1 aromatic carbocycles. The SMILES string of the molecule is COc1cc(C)ccc1NCc1cccnc1. The summed E-state index contributed by atoms with van der Waals surface area (Å²) in [5, 5.41) is 3.34. The summed E-state index contributed by atoms with van der Waals surface area (Å²) in [4.78, 5) is 4.08. The Hall–Kier alpha value is -2.03. The van der Waals surface area contributed by atoms with Gasteiger partial charge in [-0.25, -0.2) is 0 Å². The van der Waals surface area contributed by atoms with E-state index in [0.29, 0.717) is 0 Å². The topological polar surface area (TPSA) is 34.1 Å². The second-order valence-electron chi connectivity index (χ2n) is 3.92. The van der Waals surface area contributed by atoms with Gasteiger partial charge in [0.05, 0.1) is 12.8 Å². The molecule has 2 aromatic rings. The molecule has 0 aliphatic carbocycles. The molecule has 0 fully saturated rings. The van der Waals surface area contributed by atoms with Crippen LogP contribution in [0, 0.1) is 6.92 Å². The number of rotatable bonds is 4. The van der Waals surface area contributed by atoms with Gasteiger partial charge in [0, 0.05) is 18.9 Å². The average molecular weight is 228 g/mol. The molecule has 0 saturated heterocycles. The van der Waals surface area contributed by atoms with Crippen molar-refractivity contribution in [1.29, 1.82) is 0 Å². The minimum absolute atomic E-state index is 0.743. The molecule has 17 heavy (non-hydrogen) atoms. The molecule has 3 nitrogen and oxygen atoms in total. The first-order chi connectivity index (χ1) is 8.29. The summed E-state index contributed by atoms with van der Waals surface area (Å²) in [5.41, 5.74) is 3.34. The van der Waals surface area contributed by atoms with E-state index in [1.54, 1.807) is 13.3 Å². The van der Waals surface area contributed by atoms with Crippen LogP contribution < -0.4 is 10.1 Å². The van der Waals surface area contributed by atoms with Gasteiger partial charge >= 0.3 is 0 Å². The van der Waals surface area contributed by atoms with Crippen LogP contribution in [0.1, 0.15) is 11.1 Å². The van der Waals surface area contributed by atoms with Crippen LogP contribution >= 0.6 is 0 Å². The quantitative estimate of drug-likeness (QED) is 0.873. The van der Waals surface area contributed by atoms with E-state index in [-0.39, 0.29) is 0 Å². The fourth-order valence-electron chi connectivity index (χ4n) is 1.64. The maximum absolute atomic E-state index is 5.34. The van der Waals surface area contributed by atoms with Crippen LogP contribution in [0.5, 0.6) is 5.75 Å². The summed E-state index contributed by atoms with van der Waals surface area (Å²) < 4.78 is 5.34. The summed E-state index contributed by atoms with van der Waals surface area (Å²) in [6, 6.07) is 10.1. The third-order valence-electron chi connectivity index (χ3n) is 2.56. The molecule has 0 radical (unpaired) electrons. The van der Waals surface area contributed by atoms with Crippen molar-refractivity contribution in [2.75, 3.05) is 12.4 Å². The molecule has 0 spiro atoms. The van der Waals surface area contributed by atoms with E-state index in [2.05, 4.69) is 16.4 Å². The number of aromatic nitrogens is 1. The predicted molar refractivity (Wildman–Crippen MR) is 69.3 cm³/mol. The number of pyridine rings is 1. The van der Waals surface area contributed by atoms with E-state index in [0.717, 1.165) is 23.5 Å². The molecular formula is C14H16N2O. The van der Waals surface area contributed by atoms with Crippen LogP contribution in [0.2, 0.25) is 0 Å². The lowest BCUT2D eigenvalue weighted by Crippen LogP contribution is -2.01. The van der Waals surface area contributed by atoms with Crippen molar-refractivity contribution in [2.45, 2.75) is 13.5 Å². The number of hydrogen-bond donors (Lipinski definition) is 1. The maximum Gasteiger partial charge on any atom is 0.142 e. The Labute approximate surface area is 101 Å². The number of benzene rings is 1. The first kappa shape index (κ1) is 11.5. The Balaban J connectivity index is 2.09. The zero-order valence-electron chi connectivity index (χ0n) is 10.1. The fraction of sp³-hybridized carbons (Fsp3) is 0.214. The zero-order valence-corrected chi connectivity index (χ0v) is 10.1. The molecule has 88 valence electrons. The molecule has 0 bridgehead atoms. The molecule has 0 aliphatic heterocycles. The van der Waals surface area contributed by atoms with Crippen LogP contribution in [-0.4, -0.2) is 12.1 Å². The number of nitrogens with one attached hydrogen (secondary N) is 1. The van der Waals surface area contributed by atoms with Crippen molar-refractivity contribution in [3.05, 3.63) is 53.9 Å². The highest BCUT2D eigenvalue weighted by atomic mass is 16.5. The lowest BCUT2D eigenvalue weighted by molar-refractivity contribution is 0.416. The summed E-state index contributed by atoms with van der Waals surface area (Å²) >= 11 is 0. The molecule has 1 aromatic heterocycles. The first-order valence-corrected chi connectivity index (χ1v) is 5.57. The van der Waals surface area contributed by atoms with E-state index in [1.165, 1.54) is 5.56 Å². The minimum Gasteiger partial charge on any atom is -0.495 e. The molecule has 2 rings (SSSR count). The van der Waals surface area contributed by atoms with Gasteiger partial charge in [-0.05, 0) is 36.2 Å². The minimum atomic E-state index is 0.743. The molecule has 0 unspecified atom stereocenters. The van der Waals surface area contributed by atoms with E-state index in [9.17, 15) is 0 Å². The van der Waals surface area contributed by atoms with Gasteiger partial charge in [0.25, 0.3) is 0 Å². The van der Waals surface area contributed by atoms with Gasteiger partial charge in [-0.15, -0.1) is 0 Å². The van der Waals surface area contributed by atoms with Gasteiger partial charge in [-0.2, -0.15) is 0 Å². The van der Waals surface area contributed by atoms with Gasteiger partial charge in [0.2, 0.25) is 0 Å². The maximum atomic E-state index is 5.34. The number of anilines is 1. The van der Waals surface area contributed by atoms with E-state index in [4.69, 9.17) is 4.74 Å². The smallest absolute Gasteiger partial charge is 0.142 e. The Morgan fingerprint density at radius 1 is 1.29 bits per heavy atom. The van der Waals surface area contributed by atoms with Crippen molar-refractivity contribution < 1.29 is 4.74 Å². The van der Waals surface area contributed by atoms with E-state index >= 15 is 0 Å². The monoisotopic (exact) mass is 228 g/mol. The van der Waals surface area contributed by atoms with E-state index < -0.39 is 0 Å². The third-order valence-corrected chi connectivity index (χ3v) is 2.56. The Kier molecular flexibility index (Phi) is 3.60. The van der Waals surface area contributed by atoms with Gasteiger partial charge in [-0.3, -0.25) is 4.98 Å². The number of aryl methyl sites for hydroxylation is 1. The molecule has 0 saturated carbocycles. The molecule has 0 aliphatic rings. The number of methoxy groups -OCH3 is 1. The highest BCUT2D eigenvalue weighted by Gasteiger charge is 2.02. The normalized spacial score (nSPS) is 10.0. The van der Waals surface area contributed by atoms with Crippen molar-refractivity contribution >= 4 is 5.69 Å². The van der Waals surface area contributed by atoms with Gasteiger partial charge < -0.3 is 10.1 Å². The second kappa shape index (κ2) is 5.34. The summed E-state index contributed by atoms with van der Waals surface area (Å²) in [6.45, 7) is 2.79. The number of nitrogens with zero attached hydrogens (tertiary/aromatic N) is 1. The van der Waals surface area contributed by atoms with Gasteiger partial charge in [-0.1, -0.05) is 12.1 Å². The molecular weight excluding hydrogens is 212 g/mol. The van der Waals surface area contributed by atoms with E-state index in [1.807, 2.05) is 37.4 Å². The Bertz CT molecular complexity index is 483. The predicted octanol–water partition coefficient (Wildman–Crippen LogP) is 3.01. The lowest BCUT2D eigenvalue weighted by Gasteiger charge is -2.11. The first-order valence-electron chi connectivity index (χ1n) is 5.57. The summed E-state index contributed by atoms with van der Waals surface area (Å²) in [5.74, 6) is 0.869. The van der Waals surface area contributed by atoms with Crippen molar-refractivity contribution in [2.24, 2.45) is 0 Å². The van der Waals surface area contributed by atoms with Crippen LogP contribution in [0.15, 0.2) is 42.7 Å². The second-order valence-corrected chi connectivity index (χ2v) is 3.92. The standard InChI is InChI=1S/C14H16N2O/c1-11-5-6-13(14(8-11)17-2)16-10-12-4-3-7-15-9-12/h3-9,16H,10H2,1-2H3. The molecule has 1 heterocycles. The highest BCUT2D eigenvalue weighted by Crippen LogP contribution is 2.25. The fourth-order valence-corrected chi connectivity index (χ4v) is 1.64. The van der Waals surface area contributed by atoms with Gasteiger partial charge in [0.15, 0.2) is 0 Å². The molecule has 1 N–H and O–H groups in total. The Morgan fingerprint density at radius 3 is 2.88 bits per heavy atom. The van der Waals surface area contributed by atoms with Crippen LogP contribution in [0.3, 0.4) is 0 Å². The third kappa shape index (κ3) is 2.97. The van der Waals surface area contributed by atoms with Crippen LogP contribution in [0.25, 0.3) is 0 Å². The highest BCUT2D eigenvalue weighted by molar-refractivity contribution is 5.57. The number of ether oxygens (including phenoxy) is 1. The van der Waals surface area contributed by atoms with Crippen molar-refractivity contribution in [1.82, 2.24) is 4.98 Å². The van der Waals surface area contributed by atoms with Crippen LogP contribution in [-0.2, 0) is 6.54 Å². The lowest BCUT2D eigenvalue weighted by atomic mass is 10.2. The zero-order chi connectivity index (χ0) is 12.1. The summed E-state index contributed by atoms with van der Waals surface area (Å²) in [6.07, 6.45) is 3.63. The summed E-state index contributed by atoms with van der Waals surface area (Å²) in [7, 11) is 1.68. The van der Waals surface area contributed by atoms with Crippen molar-refractivity contribution in [3.8, 4) is 5.75 Å². The molecule has 0 atom stereocenters.